The predicted octanol–water partition coefficient (Wildman–Crippen LogP) is 23.7. The first-order valence-corrected chi connectivity index (χ1v) is 34.2. The molecule has 0 fully saturated rings. The summed E-state index contributed by atoms with van der Waals surface area (Å²) in [6.07, 6.45) is 97.5. The molecule has 0 aromatic carbocycles. The Balaban J connectivity index is 4.32. The van der Waals surface area contributed by atoms with Gasteiger partial charge in [-0.25, -0.2) is 0 Å². The predicted molar refractivity (Wildman–Crippen MR) is 357 cm³/mol. The lowest BCUT2D eigenvalue weighted by atomic mass is 10.0. The number of ether oxygens (including phenoxy) is 3. The summed E-state index contributed by atoms with van der Waals surface area (Å²) in [4.78, 5) is 38.4. The highest BCUT2D eigenvalue weighted by Crippen LogP contribution is 2.16. The lowest BCUT2D eigenvalue weighted by Crippen LogP contribution is -2.30. The number of carbonyl (C=O) groups excluding carboxylic acids is 3. The van der Waals surface area contributed by atoms with E-state index in [9.17, 15) is 14.4 Å². The molecule has 0 radical (unpaired) electrons. The molecule has 0 aromatic heterocycles. The summed E-state index contributed by atoms with van der Waals surface area (Å²) in [5.41, 5.74) is 0. The fourth-order valence-corrected chi connectivity index (χ4v) is 9.36. The summed E-state index contributed by atoms with van der Waals surface area (Å²) in [6.45, 7) is 6.42. The van der Waals surface area contributed by atoms with Gasteiger partial charge < -0.3 is 14.2 Å². The van der Waals surface area contributed by atoms with Crippen LogP contribution >= 0.6 is 0 Å². The number of hydrogen-bond donors (Lipinski definition) is 0. The van der Waals surface area contributed by atoms with Gasteiger partial charge in [-0.1, -0.05) is 309 Å². The van der Waals surface area contributed by atoms with Gasteiger partial charge in [0, 0.05) is 19.3 Å². The topological polar surface area (TPSA) is 78.9 Å². The molecular formula is C76H126O6. The minimum Gasteiger partial charge on any atom is -0.462 e. The van der Waals surface area contributed by atoms with Crippen LogP contribution in [0.1, 0.15) is 310 Å². The van der Waals surface area contributed by atoms with Crippen LogP contribution in [0.25, 0.3) is 0 Å². The fourth-order valence-electron chi connectivity index (χ4n) is 9.36. The summed E-state index contributed by atoms with van der Waals surface area (Å²) in [5, 5.41) is 0. The van der Waals surface area contributed by atoms with E-state index in [1.54, 1.807) is 0 Å². The van der Waals surface area contributed by atoms with Crippen molar-refractivity contribution < 1.29 is 28.6 Å². The SMILES string of the molecule is CC/C=C\C/C=C\C/C=C\C/C=C\C/C=C\C/C=C\CCCCCCCCCCCCC(=O)OCC(COC(=O)CCCCCCCCCCCCCC)OC(=O)CCCCCCCCC/C=C\C/C=C\C/C=C\C/C=C\C/C=C\CC. The maximum absolute atomic E-state index is 12.9. The molecule has 0 spiro atoms. The molecule has 82 heavy (non-hydrogen) atoms. The van der Waals surface area contributed by atoms with Crippen molar-refractivity contribution in [1.29, 1.82) is 0 Å². The second-order valence-electron chi connectivity index (χ2n) is 22.3. The van der Waals surface area contributed by atoms with Crippen LogP contribution in [0.2, 0.25) is 0 Å². The van der Waals surface area contributed by atoms with Crippen LogP contribution in [0.3, 0.4) is 0 Å². The maximum Gasteiger partial charge on any atom is 0.306 e. The summed E-state index contributed by atoms with van der Waals surface area (Å²) in [7, 11) is 0. The van der Waals surface area contributed by atoms with Gasteiger partial charge in [0.25, 0.3) is 0 Å². The molecule has 0 N–H and O–H groups in total. The minimum atomic E-state index is -0.790. The van der Waals surface area contributed by atoms with E-state index in [-0.39, 0.29) is 31.1 Å². The fraction of sp³-hybridized carbons (Fsp3) is 0.671. The molecule has 0 saturated carbocycles. The second-order valence-corrected chi connectivity index (χ2v) is 22.3. The van der Waals surface area contributed by atoms with Gasteiger partial charge >= 0.3 is 17.9 Å². The van der Waals surface area contributed by atoms with Gasteiger partial charge in [-0.2, -0.15) is 0 Å². The van der Waals surface area contributed by atoms with E-state index in [1.165, 1.54) is 135 Å². The van der Waals surface area contributed by atoms with Gasteiger partial charge in [0.15, 0.2) is 6.10 Å². The molecule has 0 heterocycles. The van der Waals surface area contributed by atoms with Crippen molar-refractivity contribution in [2.75, 3.05) is 13.2 Å². The van der Waals surface area contributed by atoms with E-state index in [4.69, 9.17) is 14.2 Å². The third-order valence-corrected chi connectivity index (χ3v) is 14.4. The van der Waals surface area contributed by atoms with Crippen LogP contribution in [0.4, 0.5) is 0 Å². The summed E-state index contributed by atoms with van der Waals surface area (Å²) in [5.74, 6) is -0.893. The third-order valence-electron chi connectivity index (χ3n) is 14.4. The summed E-state index contributed by atoms with van der Waals surface area (Å²) in [6, 6.07) is 0. The standard InChI is InChI=1S/C76H126O6/c1-4-7-10-13-16-19-22-25-27-29-31-33-35-36-37-38-39-40-42-43-45-47-49-51-54-57-60-63-66-69-75(78)81-72-73(71-80-74(77)68-65-62-59-56-53-24-21-18-15-12-9-6-3)82-76(79)70-67-64-61-58-55-52-50-48-46-44-41-34-32-30-28-26-23-20-17-14-11-8-5-2/h7-8,10-11,16-17,19-20,25-28,31-34,36-37,39-40,44,46,73H,4-6,9,12-15,18,21-24,29-30,35,38,41-43,45,47-72H2,1-3H3/b10-7-,11-8-,19-16-,20-17-,27-25-,28-26-,33-31-,34-32-,37-36-,40-39-,46-44-. The largest absolute Gasteiger partial charge is 0.462 e. The molecule has 1 unspecified atom stereocenters. The molecule has 0 aliphatic heterocycles. The highest BCUT2D eigenvalue weighted by molar-refractivity contribution is 5.71. The Morgan fingerprint density at radius 2 is 0.476 bits per heavy atom. The van der Waals surface area contributed by atoms with Gasteiger partial charge in [0.1, 0.15) is 13.2 Å². The maximum atomic E-state index is 12.9. The van der Waals surface area contributed by atoms with Gasteiger partial charge in [0.2, 0.25) is 0 Å². The highest BCUT2D eigenvalue weighted by atomic mass is 16.6. The lowest BCUT2D eigenvalue weighted by Gasteiger charge is -2.18. The van der Waals surface area contributed by atoms with Crippen molar-refractivity contribution in [3.05, 3.63) is 134 Å². The lowest BCUT2D eigenvalue weighted by molar-refractivity contribution is -0.167. The van der Waals surface area contributed by atoms with Gasteiger partial charge in [-0.15, -0.1) is 0 Å². The highest BCUT2D eigenvalue weighted by Gasteiger charge is 2.19. The Bertz CT molecular complexity index is 1730. The molecule has 466 valence electrons. The Morgan fingerprint density at radius 1 is 0.256 bits per heavy atom. The van der Waals surface area contributed by atoms with Crippen molar-refractivity contribution in [3.63, 3.8) is 0 Å². The average Bonchev–Trinajstić information content (AvgIpc) is 3.47. The molecule has 0 aliphatic rings. The molecule has 1 atom stereocenters. The third kappa shape index (κ3) is 66.4. The first-order valence-electron chi connectivity index (χ1n) is 34.2. The number of allylic oxidation sites excluding steroid dienone is 22. The van der Waals surface area contributed by atoms with Gasteiger partial charge in [-0.05, 0) is 116 Å². The average molecular weight is 1140 g/mol. The van der Waals surface area contributed by atoms with E-state index < -0.39 is 6.10 Å². The van der Waals surface area contributed by atoms with Crippen molar-refractivity contribution >= 4 is 17.9 Å². The van der Waals surface area contributed by atoms with E-state index in [2.05, 4.69) is 154 Å². The van der Waals surface area contributed by atoms with Crippen molar-refractivity contribution in [2.24, 2.45) is 0 Å². The molecule has 0 saturated heterocycles. The number of rotatable bonds is 61. The van der Waals surface area contributed by atoms with Crippen molar-refractivity contribution in [1.82, 2.24) is 0 Å². The summed E-state index contributed by atoms with van der Waals surface area (Å²) >= 11 is 0. The van der Waals surface area contributed by atoms with Crippen LogP contribution in [-0.4, -0.2) is 37.2 Å². The Labute approximate surface area is 506 Å². The zero-order valence-corrected chi connectivity index (χ0v) is 53.5. The first kappa shape index (κ1) is 77.5. The monoisotopic (exact) mass is 1130 g/mol. The summed E-state index contributed by atoms with van der Waals surface area (Å²) < 4.78 is 16.9. The number of hydrogen-bond acceptors (Lipinski definition) is 6. The Hall–Kier alpha value is -4.45. The molecular weight excluding hydrogens is 1010 g/mol. The van der Waals surface area contributed by atoms with Crippen LogP contribution in [0, 0.1) is 0 Å². The Kier molecular flexibility index (Phi) is 65.3. The molecule has 0 aliphatic carbocycles. The molecule has 6 heteroatoms. The van der Waals surface area contributed by atoms with Crippen LogP contribution in [0.15, 0.2) is 134 Å². The van der Waals surface area contributed by atoms with Crippen LogP contribution in [-0.2, 0) is 28.6 Å². The van der Waals surface area contributed by atoms with E-state index in [0.29, 0.717) is 19.3 Å². The smallest absolute Gasteiger partial charge is 0.306 e. The molecule has 6 nitrogen and oxygen atoms in total. The van der Waals surface area contributed by atoms with Gasteiger partial charge in [-0.3, -0.25) is 14.4 Å². The Morgan fingerprint density at radius 3 is 0.744 bits per heavy atom. The van der Waals surface area contributed by atoms with Crippen molar-refractivity contribution in [3.8, 4) is 0 Å². The zero-order chi connectivity index (χ0) is 59.2. The zero-order valence-electron chi connectivity index (χ0n) is 53.5. The molecule has 0 rings (SSSR count). The first-order chi connectivity index (χ1) is 40.5. The second kappa shape index (κ2) is 69.0. The van der Waals surface area contributed by atoms with E-state index in [0.717, 1.165) is 135 Å². The number of carbonyl (C=O) groups is 3. The van der Waals surface area contributed by atoms with Crippen LogP contribution in [0.5, 0.6) is 0 Å². The quantitative estimate of drug-likeness (QED) is 0.0261. The van der Waals surface area contributed by atoms with Crippen molar-refractivity contribution in [2.45, 2.75) is 316 Å². The van der Waals surface area contributed by atoms with Crippen LogP contribution < -0.4 is 0 Å². The molecule has 0 amide bonds. The van der Waals surface area contributed by atoms with Gasteiger partial charge in [0.05, 0.1) is 0 Å². The van der Waals surface area contributed by atoms with E-state index in [1.807, 2.05) is 0 Å². The number of unbranched alkanes of at least 4 members (excludes halogenated alkanes) is 28. The normalized spacial score (nSPS) is 13.0. The molecule has 0 bridgehead atoms. The minimum absolute atomic E-state index is 0.0841. The van der Waals surface area contributed by atoms with E-state index >= 15 is 0 Å². The molecule has 0 aromatic rings. The number of esters is 3.